The van der Waals surface area contributed by atoms with E-state index in [2.05, 4.69) is 20.2 Å². The third kappa shape index (κ3) is 4.23. The zero-order valence-electron chi connectivity index (χ0n) is 15.5. The van der Waals surface area contributed by atoms with Crippen LogP contribution in [0, 0.1) is 17.3 Å². The average Bonchev–Trinajstić information content (AvgIpc) is 2.74. The van der Waals surface area contributed by atoms with Crippen LogP contribution in [0.3, 0.4) is 0 Å². The van der Waals surface area contributed by atoms with E-state index in [1.165, 1.54) is 12.1 Å². The first-order valence-corrected chi connectivity index (χ1v) is 9.55. The fourth-order valence-corrected chi connectivity index (χ4v) is 3.59. The van der Waals surface area contributed by atoms with E-state index in [9.17, 15) is 4.39 Å². The highest BCUT2D eigenvalue weighted by Gasteiger charge is 2.21. The predicted molar refractivity (Wildman–Crippen MR) is 114 cm³/mol. The van der Waals surface area contributed by atoms with Crippen LogP contribution in [0.15, 0.2) is 59.7 Å². The van der Waals surface area contributed by atoms with Gasteiger partial charge in [-0.25, -0.2) is 4.39 Å². The van der Waals surface area contributed by atoms with Crippen LogP contribution in [-0.2, 0) is 0 Å². The first kappa shape index (κ1) is 19.0. The Morgan fingerprint density at radius 1 is 1.10 bits per heavy atom. The third-order valence-electron chi connectivity index (χ3n) is 4.86. The van der Waals surface area contributed by atoms with Crippen LogP contribution in [0.25, 0.3) is 10.9 Å². The van der Waals surface area contributed by atoms with Gasteiger partial charge in [0.2, 0.25) is 12.2 Å². The third-order valence-corrected chi connectivity index (χ3v) is 5.09. The number of halogens is 2. The van der Waals surface area contributed by atoms with Crippen molar-refractivity contribution in [3.8, 4) is 6.19 Å². The molecule has 146 valence electrons. The maximum Gasteiger partial charge on any atom is 0.214 e. The van der Waals surface area contributed by atoms with E-state index in [0.717, 1.165) is 29.7 Å². The zero-order chi connectivity index (χ0) is 20.2. The number of nitrogens with one attached hydrogen (secondary N) is 1. The number of aromatic nitrogens is 1. The lowest BCUT2D eigenvalue weighted by atomic mass is 10.1. The molecule has 0 aliphatic carbocycles. The van der Waals surface area contributed by atoms with E-state index in [0.29, 0.717) is 29.8 Å². The lowest BCUT2D eigenvalue weighted by Gasteiger charge is -2.37. The summed E-state index contributed by atoms with van der Waals surface area (Å²) >= 11 is 6.09. The van der Waals surface area contributed by atoms with Gasteiger partial charge >= 0.3 is 0 Å². The second kappa shape index (κ2) is 8.33. The topological polar surface area (TPSA) is 67.6 Å². The van der Waals surface area contributed by atoms with Gasteiger partial charge in [0.05, 0.1) is 5.52 Å². The molecular weight excluding hydrogens is 391 g/mol. The quantitative estimate of drug-likeness (QED) is 0.393. The van der Waals surface area contributed by atoms with Crippen LogP contribution in [0.4, 0.5) is 15.8 Å². The van der Waals surface area contributed by atoms with E-state index < -0.39 is 0 Å². The number of piperazine rings is 1. The normalized spacial score (nSPS) is 14.7. The maximum atomic E-state index is 13.1. The first-order valence-electron chi connectivity index (χ1n) is 9.17. The molecule has 0 bridgehead atoms. The highest BCUT2D eigenvalue weighted by Crippen LogP contribution is 2.28. The number of hydrogen-bond donors (Lipinski definition) is 1. The van der Waals surface area contributed by atoms with Crippen LogP contribution in [0.5, 0.6) is 0 Å². The summed E-state index contributed by atoms with van der Waals surface area (Å²) in [4.78, 5) is 12.6. The summed E-state index contributed by atoms with van der Waals surface area (Å²) < 4.78 is 13.1. The van der Waals surface area contributed by atoms with Crippen molar-refractivity contribution in [1.29, 1.82) is 5.26 Å². The van der Waals surface area contributed by atoms with Crippen molar-refractivity contribution in [3.05, 3.63) is 65.6 Å². The van der Waals surface area contributed by atoms with Crippen LogP contribution in [0.1, 0.15) is 0 Å². The van der Waals surface area contributed by atoms with E-state index in [-0.39, 0.29) is 5.82 Å². The second-order valence-corrected chi connectivity index (χ2v) is 7.07. The highest BCUT2D eigenvalue weighted by atomic mass is 35.5. The molecule has 2 aromatic carbocycles. The highest BCUT2D eigenvalue weighted by molar-refractivity contribution is 6.31. The van der Waals surface area contributed by atoms with Gasteiger partial charge < -0.3 is 15.1 Å². The lowest BCUT2D eigenvalue weighted by molar-refractivity contribution is 0.385. The van der Waals surface area contributed by atoms with Crippen molar-refractivity contribution >= 4 is 39.8 Å². The summed E-state index contributed by atoms with van der Waals surface area (Å²) in [6, 6.07) is 13.7. The molecule has 1 saturated heterocycles. The van der Waals surface area contributed by atoms with Crippen molar-refractivity contribution in [1.82, 2.24) is 9.88 Å². The number of aliphatic imine (C=N–C) groups is 1. The van der Waals surface area contributed by atoms with E-state index in [1.807, 2.05) is 35.4 Å². The fourth-order valence-electron chi connectivity index (χ4n) is 3.43. The summed E-state index contributed by atoms with van der Waals surface area (Å²) in [5.74, 6) is 0.152. The molecule has 0 spiro atoms. The van der Waals surface area contributed by atoms with Crippen LogP contribution < -0.4 is 10.2 Å². The van der Waals surface area contributed by atoms with Crippen molar-refractivity contribution in [3.63, 3.8) is 0 Å². The van der Waals surface area contributed by atoms with Crippen LogP contribution in [0.2, 0.25) is 5.02 Å². The number of guanidine groups is 1. The number of fused-ring (bicyclic) bond motifs is 1. The minimum atomic E-state index is -0.311. The minimum absolute atomic E-state index is 0.311. The molecule has 2 heterocycles. The molecule has 29 heavy (non-hydrogen) atoms. The Morgan fingerprint density at radius 3 is 2.59 bits per heavy atom. The Balaban J connectivity index is 1.49. The smallest absolute Gasteiger partial charge is 0.214 e. The number of nitriles is 1. The molecule has 4 rings (SSSR count). The molecule has 0 radical (unpaired) electrons. The van der Waals surface area contributed by atoms with Gasteiger partial charge in [-0.15, -0.1) is 4.99 Å². The average molecular weight is 409 g/mol. The van der Waals surface area contributed by atoms with Crippen molar-refractivity contribution in [2.24, 2.45) is 4.99 Å². The number of hydrogen-bond acceptors (Lipinski definition) is 4. The van der Waals surface area contributed by atoms with Gasteiger partial charge in [0, 0.05) is 54.2 Å². The molecule has 0 unspecified atom stereocenters. The van der Waals surface area contributed by atoms with Gasteiger partial charge in [0.15, 0.2) is 0 Å². The monoisotopic (exact) mass is 408 g/mol. The summed E-state index contributed by atoms with van der Waals surface area (Å²) in [6.07, 6.45) is 3.64. The molecule has 3 aromatic rings. The van der Waals surface area contributed by atoms with Gasteiger partial charge in [0.1, 0.15) is 5.82 Å². The van der Waals surface area contributed by atoms with Gasteiger partial charge in [0.25, 0.3) is 0 Å². The van der Waals surface area contributed by atoms with Crippen LogP contribution >= 0.6 is 11.6 Å². The number of nitrogens with zero attached hydrogens (tertiary/aromatic N) is 5. The van der Waals surface area contributed by atoms with Crippen molar-refractivity contribution < 1.29 is 4.39 Å². The first-order chi connectivity index (χ1) is 14.1. The summed E-state index contributed by atoms with van der Waals surface area (Å²) in [6.45, 7) is 2.90. The molecule has 1 aromatic heterocycles. The molecule has 0 saturated carbocycles. The Bertz CT molecular complexity index is 1080. The molecule has 1 aliphatic heterocycles. The Labute approximate surface area is 172 Å². The Kier molecular flexibility index (Phi) is 5.45. The maximum absolute atomic E-state index is 13.1. The summed E-state index contributed by atoms with van der Waals surface area (Å²) in [7, 11) is 0. The number of rotatable bonds is 2. The molecule has 1 fully saturated rings. The predicted octanol–water partition coefficient (Wildman–Crippen LogP) is 4.10. The molecule has 6 nitrogen and oxygen atoms in total. The minimum Gasteiger partial charge on any atom is -0.367 e. The molecule has 8 heteroatoms. The van der Waals surface area contributed by atoms with Crippen molar-refractivity contribution in [2.75, 3.05) is 36.4 Å². The fraction of sp³-hybridized carbons (Fsp3) is 0.190. The Morgan fingerprint density at radius 2 is 1.86 bits per heavy atom. The SMILES string of the molecule is N#C/N=C(\Nc1ccc(F)cc1)N1CCN(c2ccnc3cc(Cl)ccc23)CC1. The van der Waals surface area contributed by atoms with E-state index in [1.54, 1.807) is 18.3 Å². The van der Waals surface area contributed by atoms with Gasteiger partial charge in [-0.3, -0.25) is 4.98 Å². The standard InChI is InChI=1S/C21H18ClFN6/c22-15-1-6-18-19(13-15)25-8-7-20(18)28-9-11-29(12-10-28)21(26-14-24)27-17-4-2-16(23)3-5-17/h1-8,13H,9-12H2,(H,26,27). The number of benzene rings is 2. The summed E-state index contributed by atoms with van der Waals surface area (Å²) in [5.41, 5.74) is 2.65. The van der Waals surface area contributed by atoms with Gasteiger partial charge in [-0.05, 0) is 48.5 Å². The van der Waals surface area contributed by atoms with Gasteiger partial charge in [-0.2, -0.15) is 5.26 Å². The molecule has 1 aliphatic rings. The van der Waals surface area contributed by atoms with Crippen LogP contribution in [-0.4, -0.2) is 42.0 Å². The largest absolute Gasteiger partial charge is 0.367 e. The van der Waals surface area contributed by atoms with E-state index >= 15 is 0 Å². The number of anilines is 2. The molecular formula is C21H18ClFN6. The second-order valence-electron chi connectivity index (χ2n) is 6.63. The molecule has 1 N–H and O–H groups in total. The van der Waals surface area contributed by atoms with E-state index in [4.69, 9.17) is 16.9 Å². The summed E-state index contributed by atoms with van der Waals surface area (Å²) in [5, 5.41) is 13.9. The Hall–Kier alpha value is -3.37. The number of pyridine rings is 1. The van der Waals surface area contributed by atoms with Crippen molar-refractivity contribution in [2.45, 2.75) is 0 Å². The molecule has 0 atom stereocenters. The van der Waals surface area contributed by atoms with Gasteiger partial charge in [-0.1, -0.05) is 11.6 Å². The lowest BCUT2D eigenvalue weighted by Crippen LogP contribution is -2.50. The zero-order valence-corrected chi connectivity index (χ0v) is 16.3. The molecule has 0 amide bonds.